The third kappa shape index (κ3) is 3.23. The van der Waals surface area contributed by atoms with Crippen molar-refractivity contribution >= 4 is 22.6 Å². The zero-order chi connectivity index (χ0) is 18.1. The number of carbonyl (C=O) groups excluding carboxylic acids is 1. The van der Waals surface area contributed by atoms with Crippen LogP contribution in [0.15, 0.2) is 30.5 Å². The van der Waals surface area contributed by atoms with Crippen LogP contribution in [0.1, 0.15) is 23.3 Å². The van der Waals surface area contributed by atoms with E-state index in [0.717, 1.165) is 18.2 Å². The van der Waals surface area contributed by atoms with Crippen molar-refractivity contribution in [3.8, 4) is 11.4 Å². The van der Waals surface area contributed by atoms with Crippen LogP contribution in [-0.4, -0.2) is 40.1 Å². The molecule has 26 heavy (non-hydrogen) atoms. The summed E-state index contributed by atoms with van der Waals surface area (Å²) in [5, 5.41) is 4.13. The highest BCUT2D eigenvalue weighted by molar-refractivity contribution is 5.98. The van der Waals surface area contributed by atoms with Crippen molar-refractivity contribution in [3.63, 3.8) is 0 Å². The predicted molar refractivity (Wildman–Crippen MR) is 95.3 cm³/mol. The number of amides is 1. The van der Waals surface area contributed by atoms with Gasteiger partial charge >= 0.3 is 0 Å². The Hall–Kier alpha value is -3.00. The lowest BCUT2D eigenvalue weighted by atomic mass is 10.1. The summed E-state index contributed by atoms with van der Waals surface area (Å²) >= 11 is 0. The summed E-state index contributed by atoms with van der Waals surface area (Å²) in [4.78, 5) is 23.6. The Kier molecular flexibility index (Phi) is 4.26. The van der Waals surface area contributed by atoms with Gasteiger partial charge in [-0.1, -0.05) is 0 Å². The average Bonchev–Trinajstić information content (AvgIpc) is 3.05. The largest absolute Gasteiger partial charge is 0.381 e. The minimum Gasteiger partial charge on any atom is -0.381 e. The Morgan fingerprint density at radius 1 is 1.31 bits per heavy atom. The molecular weight excluding hydrogens is 337 g/mol. The number of H-pyrrole nitrogens is 1. The van der Waals surface area contributed by atoms with Crippen LogP contribution in [0.4, 0.5) is 10.2 Å². The maximum atomic E-state index is 13.4. The number of anilines is 1. The number of hydrogen-bond acceptors (Lipinski definition) is 5. The van der Waals surface area contributed by atoms with Gasteiger partial charge in [0.1, 0.15) is 17.3 Å². The maximum absolute atomic E-state index is 13.4. The van der Waals surface area contributed by atoms with Crippen LogP contribution in [0.5, 0.6) is 0 Å². The van der Waals surface area contributed by atoms with Crippen LogP contribution in [0.3, 0.4) is 0 Å². The lowest BCUT2D eigenvalue weighted by Crippen LogP contribution is -2.28. The van der Waals surface area contributed by atoms with E-state index in [0.29, 0.717) is 35.9 Å². The lowest BCUT2D eigenvalue weighted by molar-refractivity contribution is 0.0904. The number of carbonyl (C=O) groups is 1. The quantitative estimate of drug-likeness (QED) is 0.667. The molecular formula is C18H18FN5O2. The minimum atomic E-state index is -0.671. The molecule has 1 aliphatic heterocycles. The highest BCUT2D eigenvalue weighted by Crippen LogP contribution is 2.26. The first-order chi connectivity index (χ1) is 12.6. The van der Waals surface area contributed by atoms with Crippen molar-refractivity contribution in [2.45, 2.75) is 18.9 Å². The summed E-state index contributed by atoms with van der Waals surface area (Å²) in [6.45, 7) is 1.40. The topological polar surface area (TPSA) is 106 Å². The molecule has 1 aliphatic rings. The van der Waals surface area contributed by atoms with Crippen molar-refractivity contribution in [2.75, 3.05) is 18.5 Å². The average molecular weight is 355 g/mol. The Morgan fingerprint density at radius 2 is 2.12 bits per heavy atom. The van der Waals surface area contributed by atoms with Gasteiger partial charge in [0.15, 0.2) is 5.69 Å². The van der Waals surface area contributed by atoms with Gasteiger partial charge in [-0.2, -0.15) is 0 Å². The van der Waals surface area contributed by atoms with Crippen LogP contribution in [-0.2, 0) is 4.74 Å². The molecule has 1 fully saturated rings. The van der Waals surface area contributed by atoms with E-state index in [1.54, 1.807) is 12.1 Å². The number of halogens is 1. The van der Waals surface area contributed by atoms with E-state index in [1.165, 1.54) is 18.3 Å². The van der Waals surface area contributed by atoms with E-state index in [1.807, 2.05) is 0 Å². The second-order valence-electron chi connectivity index (χ2n) is 6.26. The van der Waals surface area contributed by atoms with E-state index in [9.17, 15) is 9.18 Å². The van der Waals surface area contributed by atoms with Gasteiger partial charge in [-0.3, -0.25) is 4.79 Å². The Bertz CT molecular complexity index is 965. The van der Waals surface area contributed by atoms with Crippen molar-refractivity contribution in [1.29, 1.82) is 0 Å². The molecule has 4 rings (SSSR count). The number of aromatic nitrogens is 3. The highest BCUT2D eigenvalue weighted by atomic mass is 19.1. The zero-order valence-electron chi connectivity index (χ0n) is 14.0. The fraction of sp³-hybridized carbons (Fsp3) is 0.278. The third-order valence-corrected chi connectivity index (χ3v) is 4.42. The minimum absolute atomic E-state index is 0.0644. The fourth-order valence-electron chi connectivity index (χ4n) is 3.10. The number of primary amides is 1. The predicted octanol–water partition coefficient (Wildman–Crippen LogP) is 2.45. The number of fused-ring (bicyclic) bond motifs is 1. The summed E-state index contributed by atoms with van der Waals surface area (Å²) < 4.78 is 18.8. The second kappa shape index (κ2) is 6.72. The molecule has 0 radical (unpaired) electrons. The smallest absolute Gasteiger partial charge is 0.269 e. The van der Waals surface area contributed by atoms with Crippen molar-refractivity contribution in [2.24, 2.45) is 5.73 Å². The number of nitrogens with one attached hydrogen (secondary N) is 2. The summed E-state index contributed by atoms with van der Waals surface area (Å²) in [5.41, 5.74) is 7.02. The van der Waals surface area contributed by atoms with Crippen LogP contribution >= 0.6 is 0 Å². The van der Waals surface area contributed by atoms with Crippen LogP contribution in [0.2, 0.25) is 0 Å². The molecule has 3 heterocycles. The van der Waals surface area contributed by atoms with Gasteiger partial charge in [-0.05, 0) is 37.1 Å². The Labute approximate surface area is 148 Å². The number of benzene rings is 1. The molecule has 0 atom stereocenters. The molecule has 1 saturated heterocycles. The molecule has 134 valence electrons. The standard InChI is InChI=1S/C18H18FN5O2/c19-11-2-1-10-7-14(23-13(10)8-11)16-17(18(20)25)21-9-15(24-16)22-12-3-5-26-6-4-12/h1-2,7-9,12,23H,3-6H2,(H2,20,25)(H,22,24). The second-order valence-corrected chi connectivity index (χ2v) is 6.26. The van der Waals surface area contributed by atoms with Gasteiger partial charge in [-0.25, -0.2) is 14.4 Å². The third-order valence-electron chi connectivity index (χ3n) is 4.42. The summed E-state index contributed by atoms with van der Waals surface area (Å²) in [5.74, 6) is -0.460. The SMILES string of the molecule is NC(=O)c1ncc(NC2CCOCC2)nc1-c1cc2ccc(F)cc2[nH]1. The maximum Gasteiger partial charge on any atom is 0.269 e. The normalized spacial score (nSPS) is 15.3. The van der Waals surface area contributed by atoms with Gasteiger partial charge < -0.3 is 20.8 Å². The van der Waals surface area contributed by atoms with Crippen LogP contribution < -0.4 is 11.1 Å². The number of ether oxygens (including phenoxy) is 1. The summed E-state index contributed by atoms with van der Waals surface area (Å²) in [7, 11) is 0. The molecule has 0 unspecified atom stereocenters. The number of nitrogens with two attached hydrogens (primary N) is 1. The van der Waals surface area contributed by atoms with Gasteiger partial charge in [0.05, 0.1) is 11.9 Å². The van der Waals surface area contributed by atoms with Crippen LogP contribution in [0, 0.1) is 5.82 Å². The Balaban J connectivity index is 1.73. The monoisotopic (exact) mass is 355 g/mol. The first kappa shape index (κ1) is 16.5. The van der Waals surface area contributed by atoms with Gasteiger partial charge in [0, 0.05) is 30.2 Å². The molecule has 4 N–H and O–H groups in total. The number of rotatable bonds is 4. The summed E-state index contributed by atoms with van der Waals surface area (Å²) in [6.07, 6.45) is 3.25. The fourth-order valence-corrected chi connectivity index (χ4v) is 3.10. The molecule has 2 aromatic heterocycles. The zero-order valence-corrected chi connectivity index (χ0v) is 14.0. The first-order valence-corrected chi connectivity index (χ1v) is 8.40. The van der Waals surface area contributed by atoms with E-state index >= 15 is 0 Å². The Morgan fingerprint density at radius 3 is 2.88 bits per heavy atom. The molecule has 1 aromatic carbocycles. The first-order valence-electron chi connectivity index (χ1n) is 8.40. The summed E-state index contributed by atoms with van der Waals surface area (Å²) in [6, 6.07) is 6.46. The molecule has 8 heteroatoms. The van der Waals surface area contributed by atoms with E-state index < -0.39 is 5.91 Å². The van der Waals surface area contributed by atoms with Crippen LogP contribution in [0.25, 0.3) is 22.3 Å². The lowest BCUT2D eigenvalue weighted by Gasteiger charge is -2.23. The molecule has 0 saturated carbocycles. The van der Waals surface area contributed by atoms with E-state index in [-0.39, 0.29) is 17.6 Å². The van der Waals surface area contributed by atoms with Crippen molar-refractivity contribution in [3.05, 3.63) is 42.0 Å². The van der Waals surface area contributed by atoms with Gasteiger partial charge in [0.25, 0.3) is 5.91 Å². The molecule has 3 aromatic rings. The van der Waals surface area contributed by atoms with Gasteiger partial charge in [0.2, 0.25) is 0 Å². The molecule has 0 bridgehead atoms. The molecule has 0 spiro atoms. The highest BCUT2D eigenvalue weighted by Gasteiger charge is 2.19. The van der Waals surface area contributed by atoms with E-state index in [2.05, 4.69) is 20.3 Å². The number of hydrogen-bond donors (Lipinski definition) is 3. The molecule has 0 aliphatic carbocycles. The van der Waals surface area contributed by atoms with Crippen molar-refractivity contribution < 1.29 is 13.9 Å². The number of aromatic amines is 1. The van der Waals surface area contributed by atoms with Gasteiger partial charge in [-0.15, -0.1) is 0 Å². The number of nitrogens with zero attached hydrogens (tertiary/aromatic N) is 2. The molecule has 1 amide bonds. The molecule has 7 nitrogen and oxygen atoms in total. The van der Waals surface area contributed by atoms with E-state index in [4.69, 9.17) is 10.5 Å². The van der Waals surface area contributed by atoms with Crippen molar-refractivity contribution in [1.82, 2.24) is 15.0 Å².